The molecule has 130 valence electrons. The first-order valence-electron chi connectivity index (χ1n) is 7.20. The van der Waals surface area contributed by atoms with Crippen LogP contribution in [0.4, 0.5) is 0 Å². The molecule has 1 rings (SSSR count). The van der Waals surface area contributed by atoms with Gasteiger partial charge in [0.25, 0.3) is 0 Å². The Bertz CT molecular complexity index is 751. The third-order valence-electron chi connectivity index (χ3n) is 3.28. The van der Waals surface area contributed by atoms with Crippen molar-refractivity contribution in [2.75, 3.05) is 0 Å². The molecule has 2 amide bonds. The van der Waals surface area contributed by atoms with Crippen molar-refractivity contribution in [1.82, 2.24) is 10.0 Å². The Morgan fingerprint density at radius 3 is 2.12 bits per heavy atom. The van der Waals surface area contributed by atoms with E-state index >= 15 is 0 Å². The van der Waals surface area contributed by atoms with Crippen LogP contribution in [0.15, 0.2) is 29.2 Å². The molecule has 0 unspecified atom stereocenters. The lowest BCUT2D eigenvalue weighted by atomic mass is 10.1. The summed E-state index contributed by atoms with van der Waals surface area (Å²) in [6.07, 6.45) is 0. The highest BCUT2D eigenvalue weighted by molar-refractivity contribution is 7.89. The van der Waals surface area contributed by atoms with Crippen LogP contribution >= 0.6 is 0 Å². The molecule has 0 radical (unpaired) electrons. The fraction of sp³-hybridized carbons (Fsp3) is 0.400. The number of rotatable bonds is 7. The molecule has 9 heteroatoms. The first kappa shape index (κ1) is 19.6. The maximum atomic E-state index is 12.2. The Hall–Kier alpha value is -2.44. The lowest BCUT2D eigenvalue weighted by Crippen LogP contribution is -2.48. The zero-order valence-electron chi connectivity index (χ0n) is 13.6. The predicted molar refractivity (Wildman–Crippen MR) is 87.1 cm³/mol. The average molecular weight is 352 g/mol. The minimum atomic E-state index is -3.96. The maximum Gasteiger partial charge on any atom is 0.248 e. The summed E-state index contributed by atoms with van der Waals surface area (Å²) in [5, 5.41) is 11.4. The smallest absolute Gasteiger partial charge is 0.248 e. The van der Waals surface area contributed by atoms with Gasteiger partial charge >= 0.3 is 0 Å². The number of carbonyl (C=O) groups is 2. The lowest BCUT2D eigenvalue weighted by Gasteiger charge is -2.19. The number of carbonyl (C=O) groups excluding carboxylic acids is 2. The SMILES string of the molecule is CC(C)[C@H](C#N)NC(=O)[C@@H](C)NS(=O)(=O)c1ccc(C(N)=O)cc1. The number of amides is 2. The van der Waals surface area contributed by atoms with Crippen LogP contribution in [-0.2, 0) is 14.8 Å². The number of nitrogens with two attached hydrogens (primary N) is 1. The summed E-state index contributed by atoms with van der Waals surface area (Å²) in [5.41, 5.74) is 5.27. The highest BCUT2D eigenvalue weighted by Gasteiger charge is 2.24. The number of primary amides is 1. The van der Waals surface area contributed by atoms with Crippen molar-refractivity contribution in [3.63, 3.8) is 0 Å². The van der Waals surface area contributed by atoms with Crippen LogP contribution in [0.25, 0.3) is 0 Å². The fourth-order valence-electron chi connectivity index (χ4n) is 1.78. The van der Waals surface area contributed by atoms with Crippen LogP contribution < -0.4 is 15.8 Å². The number of nitrogens with zero attached hydrogens (tertiary/aromatic N) is 1. The normalized spacial score (nSPS) is 13.8. The molecule has 0 aliphatic carbocycles. The molecule has 0 saturated carbocycles. The van der Waals surface area contributed by atoms with Gasteiger partial charge in [0.15, 0.2) is 0 Å². The van der Waals surface area contributed by atoms with Crippen LogP contribution in [0.1, 0.15) is 31.1 Å². The summed E-state index contributed by atoms with van der Waals surface area (Å²) in [5.74, 6) is -1.38. The van der Waals surface area contributed by atoms with Gasteiger partial charge in [-0.15, -0.1) is 0 Å². The molecular weight excluding hydrogens is 332 g/mol. The minimum Gasteiger partial charge on any atom is -0.366 e. The Morgan fingerprint density at radius 1 is 1.17 bits per heavy atom. The Kier molecular flexibility index (Phi) is 6.45. The molecule has 0 aliphatic heterocycles. The summed E-state index contributed by atoms with van der Waals surface area (Å²) >= 11 is 0. The number of hydrogen-bond donors (Lipinski definition) is 3. The summed E-state index contributed by atoms with van der Waals surface area (Å²) in [4.78, 5) is 22.9. The maximum absolute atomic E-state index is 12.2. The number of nitriles is 1. The largest absolute Gasteiger partial charge is 0.366 e. The molecule has 4 N–H and O–H groups in total. The second kappa shape index (κ2) is 7.90. The van der Waals surface area contributed by atoms with Crippen molar-refractivity contribution in [2.45, 2.75) is 37.8 Å². The molecule has 0 aliphatic rings. The van der Waals surface area contributed by atoms with Gasteiger partial charge in [-0.2, -0.15) is 9.98 Å². The summed E-state index contributed by atoms with van der Waals surface area (Å²) in [6, 6.07) is 5.18. The first-order valence-corrected chi connectivity index (χ1v) is 8.69. The third-order valence-corrected chi connectivity index (χ3v) is 4.83. The van der Waals surface area contributed by atoms with Gasteiger partial charge in [-0.05, 0) is 37.1 Å². The van der Waals surface area contributed by atoms with Crippen molar-refractivity contribution in [2.24, 2.45) is 11.7 Å². The molecule has 0 aromatic heterocycles. The van der Waals surface area contributed by atoms with E-state index in [9.17, 15) is 18.0 Å². The molecular formula is C15H20N4O4S. The van der Waals surface area contributed by atoms with Crippen LogP contribution in [0.5, 0.6) is 0 Å². The van der Waals surface area contributed by atoms with Gasteiger partial charge in [-0.25, -0.2) is 8.42 Å². The van der Waals surface area contributed by atoms with Crippen molar-refractivity contribution in [3.8, 4) is 6.07 Å². The van der Waals surface area contributed by atoms with Crippen LogP contribution in [0.2, 0.25) is 0 Å². The number of benzene rings is 1. The molecule has 0 spiro atoms. The van der Waals surface area contributed by atoms with E-state index in [4.69, 9.17) is 11.0 Å². The molecule has 0 fully saturated rings. The van der Waals surface area contributed by atoms with E-state index in [-0.39, 0.29) is 16.4 Å². The van der Waals surface area contributed by atoms with E-state index in [1.807, 2.05) is 6.07 Å². The van der Waals surface area contributed by atoms with Crippen LogP contribution in [0.3, 0.4) is 0 Å². The van der Waals surface area contributed by atoms with Gasteiger partial charge in [-0.3, -0.25) is 9.59 Å². The highest BCUT2D eigenvalue weighted by Crippen LogP contribution is 2.11. The van der Waals surface area contributed by atoms with E-state index in [0.717, 1.165) is 0 Å². The van der Waals surface area contributed by atoms with Crippen molar-refractivity contribution < 1.29 is 18.0 Å². The zero-order chi connectivity index (χ0) is 18.5. The van der Waals surface area contributed by atoms with Gasteiger partial charge in [0.2, 0.25) is 21.8 Å². The minimum absolute atomic E-state index is 0.104. The topological polar surface area (TPSA) is 142 Å². The first-order chi connectivity index (χ1) is 11.1. The molecule has 24 heavy (non-hydrogen) atoms. The molecule has 0 bridgehead atoms. The van der Waals surface area contributed by atoms with E-state index in [2.05, 4.69) is 10.0 Å². The molecule has 2 atom stereocenters. The number of nitrogens with one attached hydrogen (secondary N) is 2. The third kappa shape index (κ3) is 5.04. The van der Waals surface area contributed by atoms with Crippen LogP contribution in [0, 0.1) is 17.2 Å². The monoisotopic (exact) mass is 352 g/mol. The molecule has 0 saturated heterocycles. The second-order valence-corrected chi connectivity index (χ2v) is 7.30. The van der Waals surface area contributed by atoms with E-state index in [0.29, 0.717) is 0 Å². The number of hydrogen-bond acceptors (Lipinski definition) is 5. The second-order valence-electron chi connectivity index (χ2n) is 5.59. The standard InChI is InChI=1S/C15H20N4O4S/c1-9(2)13(8-16)18-15(21)10(3)19-24(22,23)12-6-4-11(5-7-12)14(17)20/h4-7,9-10,13,19H,1-3H3,(H2,17,20)(H,18,21)/t10-,13+/m1/s1. The summed E-state index contributed by atoms with van der Waals surface area (Å²) < 4.78 is 26.7. The van der Waals surface area contributed by atoms with E-state index < -0.39 is 33.9 Å². The van der Waals surface area contributed by atoms with Gasteiger partial charge < -0.3 is 11.1 Å². The van der Waals surface area contributed by atoms with Gasteiger partial charge in [0.1, 0.15) is 6.04 Å². The summed E-state index contributed by atoms with van der Waals surface area (Å²) in [6.45, 7) is 4.91. The van der Waals surface area contributed by atoms with Crippen LogP contribution in [-0.4, -0.2) is 32.3 Å². The Labute approximate surface area is 141 Å². The van der Waals surface area contributed by atoms with Crippen molar-refractivity contribution in [1.29, 1.82) is 5.26 Å². The van der Waals surface area contributed by atoms with E-state index in [1.54, 1.807) is 13.8 Å². The Morgan fingerprint density at radius 2 is 1.71 bits per heavy atom. The molecule has 1 aromatic carbocycles. The van der Waals surface area contributed by atoms with Crippen molar-refractivity contribution in [3.05, 3.63) is 29.8 Å². The molecule has 8 nitrogen and oxygen atoms in total. The highest BCUT2D eigenvalue weighted by atomic mass is 32.2. The molecule has 1 aromatic rings. The number of sulfonamides is 1. The van der Waals surface area contributed by atoms with E-state index in [1.165, 1.54) is 31.2 Å². The van der Waals surface area contributed by atoms with Gasteiger partial charge in [-0.1, -0.05) is 13.8 Å². The average Bonchev–Trinajstić information content (AvgIpc) is 2.51. The van der Waals surface area contributed by atoms with Gasteiger partial charge in [0.05, 0.1) is 17.0 Å². The van der Waals surface area contributed by atoms with Gasteiger partial charge in [0, 0.05) is 5.56 Å². The lowest BCUT2D eigenvalue weighted by molar-refractivity contribution is -0.122. The molecule has 0 heterocycles. The fourth-order valence-corrected chi connectivity index (χ4v) is 2.98. The Balaban J connectivity index is 2.84. The zero-order valence-corrected chi connectivity index (χ0v) is 14.4. The van der Waals surface area contributed by atoms with Crippen molar-refractivity contribution >= 4 is 21.8 Å². The predicted octanol–water partition coefficient (Wildman–Crippen LogP) is 0.117. The summed E-state index contributed by atoms with van der Waals surface area (Å²) in [7, 11) is -3.96. The quantitative estimate of drug-likeness (QED) is 0.638.